The highest BCUT2D eigenvalue weighted by Crippen LogP contribution is 2.20. The van der Waals surface area contributed by atoms with Crippen LogP contribution in [0.15, 0.2) is 36.7 Å². The standard InChI is InChI=1S/C22H32N2O/c1-3-5-7-8-9-10-11-19-17-23-22(24-18-19)20-12-14-21(15-13-20)25-16-6-4-2/h12-15,17-18H,3-11,16H2,1-2H3. The van der Waals surface area contributed by atoms with Crippen molar-refractivity contribution in [2.24, 2.45) is 0 Å². The Balaban J connectivity index is 1.79. The van der Waals surface area contributed by atoms with Crippen molar-refractivity contribution in [3.8, 4) is 17.1 Å². The van der Waals surface area contributed by atoms with Gasteiger partial charge in [0.15, 0.2) is 5.82 Å². The maximum Gasteiger partial charge on any atom is 0.159 e. The molecule has 1 aromatic heterocycles. The molecular formula is C22H32N2O. The van der Waals surface area contributed by atoms with Gasteiger partial charge in [-0.05, 0) is 49.1 Å². The van der Waals surface area contributed by atoms with E-state index in [0.29, 0.717) is 0 Å². The zero-order valence-corrected chi connectivity index (χ0v) is 15.8. The summed E-state index contributed by atoms with van der Waals surface area (Å²) in [5.74, 6) is 1.70. The summed E-state index contributed by atoms with van der Waals surface area (Å²) >= 11 is 0. The number of hydrogen-bond acceptors (Lipinski definition) is 3. The minimum absolute atomic E-state index is 0.777. The molecule has 0 spiro atoms. The molecule has 0 aliphatic carbocycles. The van der Waals surface area contributed by atoms with E-state index in [1.54, 1.807) is 0 Å². The molecule has 1 heterocycles. The van der Waals surface area contributed by atoms with Crippen LogP contribution in [-0.2, 0) is 6.42 Å². The third kappa shape index (κ3) is 7.25. The van der Waals surface area contributed by atoms with Gasteiger partial charge in [-0.25, -0.2) is 9.97 Å². The average Bonchev–Trinajstić information content (AvgIpc) is 2.66. The van der Waals surface area contributed by atoms with Gasteiger partial charge in [0.05, 0.1) is 6.61 Å². The van der Waals surface area contributed by atoms with Gasteiger partial charge in [-0.15, -0.1) is 0 Å². The summed E-state index contributed by atoms with van der Waals surface area (Å²) in [5, 5.41) is 0. The highest BCUT2D eigenvalue weighted by Gasteiger charge is 2.03. The minimum Gasteiger partial charge on any atom is -0.494 e. The fourth-order valence-corrected chi connectivity index (χ4v) is 2.78. The normalized spacial score (nSPS) is 10.8. The van der Waals surface area contributed by atoms with Gasteiger partial charge in [0.1, 0.15) is 5.75 Å². The van der Waals surface area contributed by atoms with E-state index in [0.717, 1.165) is 43.0 Å². The number of aromatic nitrogens is 2. The lowest BCUT2D eigenvalue weighted by atomic mass is 10.1. The van der Waals surface area contributed by atoms with Crippen molar-refractivity contribution in [1.29, 1.82) is 0 Å². The first-order valence-electron chi connectivity index (χ1n) is 9.87. The lowest BCUT2D eigenvalue weighted by Crippen LogP contribution is -1.96. The van der Waals surface area contributed by atoms with Gasteiger partial charge < -0.3 is 4.74 Å². The molecular weight excluding hydrogens is 308 g/mol. The van der Waals surface area contributed by atoms with Crippen LogP contribution in [0.25, 0.3) is 11.4 Å². The number of nitrogens with zero attached hydrogens (tertiary/aromatic N) is 2. The van der Waals surface area contributed by atoms with Gasteiger partial charge in [-0.3, -0.25) is 0 Å². The molecule has 0 saturated heterocycles. The van der Waals surface area contributed by atoms with Crippen molar-refractivity contribution in [2.75, 3.05) is 6.61 Å². The van der Waals surface area contributed by atoms with Crippen LogP contribution in [0.2, 0.25) is 0 Å². The van der Waals surface area contributed by atoms with Gasteiger partial charge in [0, 0.05) is 18.0 Å². The van der Waals surface area contributed by atoms with Crippen molar-refractivity contribution in [3.05, 3.63) is 42.2 Å². The van der Waals surface area contributed by atoms with Crippen LogP contribution < -0.4 is 4.74 Å². The first-order chi connectivity index (χ1) is 12.3. The molecule has 0 aliphatic heterocycles. The van der Waals surface area contributed by atoms with Crippen molar-refractivity contribution >= 4 is 0 Å². The molecule has 3 nitrogen and oxygen atoms in total. The monoisotopic (exact) mass is 340 g/mol. The van der Waals surface area contributed by atoms with E-state index in [2.05, 4.69) is 23.8 Å². The second kappa shape index (κ2) is 11.6. The van der Waals surface area contributed by atoms with E-state index in [-0.39, 0.29) is 0 Å². The summed E-state index contributed by atoms with van der Waals surface area (Å²) in [6.07, 6.45) is 15.2. The molecule has 2 aromatic rings. The van der Waals surface area contributed by atoms with Crippen molar-refractivity contribution in [3.63, 3.8) is 0 Å². The molecule has 0 radical (unpaired) electrons. The first-order valence-corrected chi connectivity index (χ1v) is 9.87. The topological polar surface area (TPSA) is 35.0 Å². The molecule has 136 valence electrons. The van der Waals surface area contributed by atoms with Crippen LogP contribution in [0.5, 0.6) is 5.75 Å². The third-order valence-corrected chi connectivity index (χ3v) is 4.40. The largest absolute Gasteiger partial charge is 0.494 e. The van der Waals surface area contributed by atoms with Gasteiger partial charge >= 0.3 is 0 Å². The van der Waals surface area contributed by atoms with Crippen molar-refractivity contribution in [1.82, 2.24) is 9.97 Å². The van der Waals surface area contributed by atoms with Crippen LogP contribution in [-0.4, -0.2) is 16.6 Å². The number of benzene rings is 1. The summed E-state index contributed by atoms with van der Waals surface area (Å²) in [6.45, 7) is 5.20. The number of ether oxygens (including phenoxy) is 1. The van der Waals surface area contributed by atoms with Gasteiger partial charge in [0.25, 0.3) is 0 Å². The summed E-state index contributed by atoms with van der Waals surface area (Å²) in [5.41, 5.74) is 2.27. The minimum atomic E-state index is 0.777. The van der Waals surface area contributed by atoms with Gasteiger partial charge in [-0.2, -0.15) is 0 Å². The molecule has 0 bridgehead atoms. The van der Waals surface area contributed by atoms with Crippen LogP contribution in [0, 0.1) is 0 Å². The van der Waals surface area contributed by atoms with Crippen LogP contribution in [0.3, 0.4) is 0 Å². The molecule has 0 atom stereocenters. The zero-order chi connectivity index (χ0) is 17.7. The van der Waals surface area contributed by atoms with E-state index in [4.69, 9.17) is 4.74 Å². The molecule has 1 aromatic carbocycles. The lowest BCUT2D eigenvalue weighted by Gasteiger charge is -2.06. The molecule has 0 N–H and O–H groups in total. The molecule has 25 heavy (non-hydrogen) atoms. The highest BCUT2D eigenvalue weighted by atomic mass is 16.5. The number of unbranched alkanes of at least 4 members (excludes halogenated alkanes) is 6. The summed E-state index contributed by atoms with van der Waals surface area (Å²) in [7, 11) is 0. The van der Waals surface area contributed by atoms with Crippen molar-refractivity contribution in [2.45, 2.75) is 71.6 Å². The molecule has 0 saturated carbocycles. The zero-order valence-electron chi connectivity index (χ0n) is 15.8. The highest BCUT2D eigenvalue weighted by molar-refractivity contribution is 5.55. The Labute approximate surface area is 152 Å². The average molecular weight is 341 g/mol. The molecule has 3 heteroatoms. The van der Waals surface area contributed by atoms with E-state index >= 15 is 0 Å². The van der Waals surface area contributed by atoms with E-state index < -0.39 is 0 Å². The fourth-order valence-electron chi connectivity index (χ4n) is 2.78. The number of rotatable bonds is 12. The Morgan fingerprint density at radius 1 is 0.760 bits per heavy atom. The molecule has 0 aliphatic rings. The van der Waals surface area contributed by atoms with E-state index in [9.17, 15) is 0 Å². The second-order valence-electron chi connectivity index (χ2n) is 6.66. The summed E-state index contributed by atoms with van der Waals surface area (Å²) < 4.78 is 5.69. The molecule has 0 amide bonds. The molecule has 2 rings (SSSR count). The summed E-state index contributed by atoms with van der Waals surface area (Å²) in [4.78, 5) is 9.06. The smallest absolute Gasteiger partial charge is 0.159 e. The predicted molar refractivity (Wildman–Crippen MR) is 105 cm³/mol. The van der Waals surface area contributed by atoms with Crippen LogP contribution in [0.4, 0.5) is 0 Å². The SMILES string of the molecule is CCCCCCCCc1cnc(-c2ccc(OCCCC)cc2)nc1. The molecule has 0 fully saturated rings. The predicted octanol–water partition coefficient (Wildman–Crippen LogP) is 6.23. The Morgan fingerprint density at radius 3 is 2.08 bits per heavy atom. The van der Waals surface area contributed by atoms with Crippen LogP contribution in [0.1, 0.15) is 70.8 Å². The van der Waals surface area contributed by atoms with Gasteiger partial charge in [-0.1, -0.05) is 52.4 Å². The van der Waals surface area contributed by atoms with E-state index in [1.807, 2.05) is 36.7 Å². The quantitative estimate of drug-likeness (QED) is 0.430. The summed E-state index contributed by atoms with van der Waals surface area (Å²) in [6, 6.07) is 8.06. The van der Waals surface area contributed by atoms with Crippen molar-refractivity contribution < 1.29 is 4.74 Å². The van der Waals surface area contributed by atoms with Gasteiger partial charge in [0.2, 0.25) is 0 Å². The number of hydrogen-bond donors (Lipinski definition) is 0. The first kappa shape index (κ1) is 19.4. The second-order valence-corrected chi connectivity index (χ2v) is 6.66. The maximum atomic E-state index is 5.69. The Kier molecular flexibility index (Phi) is 9.03. The fraction of sp³-hybridized carbons (Fsp3) is 0.545. The van der Waals surface area contributed by atoms with E-state index in [1.165, 1.54) is 44.1 Å². The Hall–Kier alpha value is -1.90. The Bertz CT molecular complexity index is 578. The molecule has 0 unspecified atom stereocenters. The lowest BCUT2D eigenvalue weighted by molar-refractivity contribution is 0.309. The third-order valence-electron chi connectivity index (χ3n) is 4.40. The van der Waals surface area contributed by atoms with Crippen LogP contribution >= 0.6 is 0 Å². The number of aryl methyl sites for hydroxylation is 1. The Morgan fingerprint density at radius 2 is 1.40 bits per heavy atom. The maximum absolute atomic E-state index is 5.69.